The van der Waals surface area contributed by atoms with Crippen LogP contribution in [0, 0.1) is 0 Å². The largest absolute Gasteiger partial charge is 0.245 e. The van der Waals surface area contributed by atoms with E-state index < -0.39 is 0 Å². The molecule has 0 bridgehead atoms. The molecular formula is C21H13N9. The van der Waals surface area contributed by atoms with Gasteiger partial charge in [0.1, 0.15) is 17.7 Å². The maximum atomic E-state index is 4.94. The van der Waals surface area contributed by atoms with Gasteiger partial charge in [-0.1, -0.05) is 0 Å². The van der Waals surface area contributed by atoms with E-state index in [1.165, 1.54) is 6.33 Å². The minimum absolute atomic E-state index is 0.535. The van der Waals surface area contributed by atoms with Gasteiger partial charge in [-0.05, 0) is 36.4 Å². The molecule has 0 aliphatic rings. The first kappa shape index (κ1) is 17.6. The predicted octanol–water partition coefficient (Wildman–Crippen LogP) is 2.91. The van der Waals surface area contributed by atoms with E-state index in [0.29, 0.717) is 28.6 Å². The molecule has 5 aromatic rings. The van der Waals surface area contributed by atoms with Gasteiger partial charge in [0.2, 0.25) is 0 Å². The molecular weight excluding hydrogens is 378 g/mol. The highest BCUT2D eigenvalue weighted by atomic mass is 15.1. The Morgan fingerprint density at radius 3 is 2.27 bits per heavy atom. The lowest BCUT2D eigenvalue weighted by atomic mass is 9.98. The predicted molar refractivity (Wildman–Crippen MR) is 108 cm³/mol. The van der Waals surface area contributed by atoms with Gasteiger partial charge in [0.05, 0.1) is 23.8 Å². The van der Waals surface area contributed by atoms with Gasteiger partial charge >= 0.3 is 0 Å². The molecule has 5 rings (SSSR count). The van der Waals surface area contributed by atoms with Crippen LogP contribution in [0.1, 0.15) is 0 Å². The Morgan fingerprint density at radius 1 is 0.633 bits per heavy atom. The molecule has 0 saturated carbocycles. The standard InChI is InChI=1S/C21H13N9/c1-3-18(30-27-8-1)19-15(14-4-10-26-28-12-14)11-16(21-23-6-2-7-24-21)20(29-19)17-5-9-22-13-25-17/h1-13H. The number of aromatic nitrogens is 9. The van der Waals surface area contributed by atoms with Crippen molar-refractivity contribution in [1.29, 1.82) is 0 Å². The van der Waals surface area contributed by atoms with E-state index in [1.54, 1.807) is 49.3 Å². The van der Waals surface area contributed by atoms with Crippen molar-refractivity contribution in [3.05, 3.63) is 79.9 Å². The lowest BCUT2D eigenvalue weighted by Gasteiger charge is -2.14. The van der Waals surface area contributed by atoms with Crippen molar-refractivity contribution in [1.82, 2.24) is 45.3 Å². The van der Waals surface area contributed by atoms with Crippen LogP contribution in [0.3, 0.4) is 0 Å². The van der Waals surface area contributed by atoms with Crippen LogP contribution in [-0.2, 0) is 0 Å². The van der Waals surface area contributed by atoms with Crippen molar-refractivity contribution in [2.75, 3.05) is 0 Å². The van der Waals surface area contributed by atoms with E-state index in [2.05, 4.69) is 40.3 Å². The van der Waals surface area contributed by atoms with Crippen molar-refractivity contribution >= 4 is 0 Å². The highest BCUT2D eigenvalue weighted by molar-refractivity contribution is 5.87. The third-order valence-corrected chi connectivity index (χ3v) is 4.36. The Labute approximate surface area is 171 Å². The number of hydrogen-bond donors (Lipinski definition) is 0. The van der Waals surface area contributed by atoms with Crippen LogP contribution >= 0.6 is 0 Å². The smallest absolute Gasteiger partial charge is 0.161 e. The van der Waals surface area contributed by atoms with E-state index in [9.17, 15) is 0 Å². The summed E-state index contributed by atoms with van der Waals surface area (Å²) >= 11 is 0. The molecule has 0 atom stereocenters. The zero-order valence-corrected chi connectivity index (χ0v) is 15.5. The number of pyridine rings is 1. The maximum Gasteiger partial charge on any atom is 0.161 e. The van der Waals surface area contributed by atoms with Crippen molar-refractivity contribution in [3.63, 3.8) is 0 Å². The number of nitrogens with zero attached hydrogens (tertiary/aromatic N) is 9. The molecule has 9 heteroatoms. The van der Waals surface area contributed by atoms with Crippen LogP contribution in [0.15, 0.2) is 79.9 Å². The van der Waals surface area contributed by atoms with E-state index in [4.69, 9.17) is 4.98 Å². The van der Waals surface area contributed by atoms with Gasteiger partial charge in [0.15, 0.2) is 5.82 Å². The Morgan fingerprint density at radius 2 is 1.53 bits per heavy atom. The Bertz CT molecular complexity index is 1070. The van der Waals surface area contributed by atoms with Crippen molar-refractivity contribution in [2.24, 2.45) is 0 Å². The van der Waals surface area contributed by atoms with Crippen LogP contribution in [0.25, 0.3) is 45.3 Å². The number of hydrogen-bond acceptors (Lipinski definition) is 9. The first-order chi connectivity index (χ1) is 14.9. The quantitative estimate of drug-likeness (QED) is 0.456. The second-order valence-corrected chi connectivity index (χ2v) is 6.19. The lowest BCUT2D eigenvalue weighted by molar-refractivity contribution is 1.02. The highest BCUT2D eigenvalue weighted by Crippen LogP contribution is 2.36. The van der Waals surface area contributed by atoms with Crippen molar-refractivity contribution < 1.29 is 0 Å². The summed E-state index contributed by atoms with van der Waals surface area (Å²) in [5.74, 6) is 0.535. The van der Waals surface area contributed by atoms with Crippen molar-refractivity contribution in [2.45, 2.75) is 0 Å². The average Bonchev–Trinajstić information content (AvgIpc) is 2.85. The molecule has 0 fully saturated rings. The molecule has 0 radical (unpaired) electrons. The molecule has 0 aliphatic carbocycles. The zero-order chi connectivity index (χ0) is 20.2. The van der Waals surface area contributed by atoms with E-state index >= 15 is 0 Å². The van der Waals surface area contributed by atoms with Gasteiger partial charge in [-0.25, -0.2) is 24.9 Å². The molecule has 30 heavy (non-hydrogen) atoms. The molecule has 5 aromatic heterocycles. The molecule has 0 N–H and O–H groups in total. The first-order valence-electron chi connectivity index (χ1n) is 9.04. The third-order valence-electron chi connectivity index (χ3n) is 4.36. The summed E-state index contributed by atoms with van der Waals surface area (Å²) in [7, 11) is 0. The molecule has 0 unspecified atom stereocenters. The minimum Gasteiger partial charge on any atom is -0.245 e. The second-order valence-electron chi connectivity index (χ2n) is 6.19. The summed E-state index contributed by atoms with van der Waals surface area (Å²) in [6, 6.07) is 11.1. The fraction of sp³-hybridized carbons (Fsp3) is 0. The van der Waals surface area contributed by atoms with Gasteiger partial charge in [-0.15, -0.1) is 5.10 Å². The van der Waals surface area contributed by atoms with E-state index in [1.807, 2.05) is 24.3 Å². The molecule has 5 heterocycles. The Balaban J connectivity index is 1.85. The Kier molecular flexibility index (Phi) is 4.59. The highest BCUT2D eigenvalue weighted by Gasteiger charge is 2.20. The topological polar surface area (TPSA) is 116 Å². The second kappa shape index (κ2) is 7.84. The van der Waals surface area contributed by atoms with E-state index in [-0.39, 0.29) is 0 Å². The average molecular weight is 391 g/mol. The summed E-state index contributed by atoms with van der Waals surface area (Å²) in [6.45, 7) is 0. The molecule has 0 aliphatic heterocycles. The van der Waals surface area contributed by atoms with Crippen LogP contribution in [-0.4, -0.2) is 45.3 Å². The molecule has 142 valence electrons. The number of rotatable bonds is 4. The van der Waals surface area contributed by atoms with Crippen LogP contribution in [0.2, 0.25) is 0 Å². The SMILES string of the molecule is c1cnc(-c2cc(-c3ccnnc3)c(-c3cccnn3)nc2-c2ccncn2)nc1. The third kappa shape index (κ3) is 3.35. The first-order valence-corrected chi connectivity index (χ1v) is 9.04. The van der Waals surface area contributed by atoms with Crippen molar-refractivity contribution in [3.8, 4) is 45.3 Å². The summed E-state index contributed by atoms with van der Waals surface area (Å²) in [5, 5.41) is 16.2. The van der Waals surface area contributed by atoms with Crippen LogP contribution in [0.5, 0.6) is 0 Å². The van der Waals surface area contributed by atoms with Gasteiger partial charge in [0.25, 0.3) is 0 Å². The van der Waals surface area contributed by atoms with Gasteiger partial charge in [-0.2, -0.15) is 15.3 Å². The minimum atomic E-state index is 0.535. The molecule has 0 amide bonds. The molecule has 9 nitrogen and oxygen atoms in total. The normalized spacial score (nSPS) is 10.7. The fourth-order valence-corrected chi connectivity index (χ4v) is 3.04. The molecule has 0 aromatic carbocycles. The molecule has 0 spiro atoms. The molecule has 0 saturated heterocycles. The summed E-state index contributed by atoms with van der Waals surface area (Å²) in [5.41, 5.74) is 4.92. The van der Waals surface area contributed by atoms with Gasteiger partial charge in [-0.3, -0.25) is 0 Å². The Hall–Kier alpha value is -4.53. The summed E-state index contributed by atoms with van der Waals surface area (Å²) in [4.78, 5) is 22.2. The van der Waals surface area contributed by atoms with Crippen LogP contribution < -0.4 is 0 Å². The maximum absolute atomic E-state index is 4.94. The van der Waals surface area contributed by atoms with Crippen LogP contribution in [0.4, 0.5) is 0 Å². The van der Waals surface area contributed by atoms with Gasteiger partial charge in [0, 0.05) is 41.5 Å². The lowest BCUT2D eigenvalue weighted by Crippen LogP contribution is -2.01. The van der Waals surface area contributed by atoms with E-state index in [0.717, 1.165) is 16.7 Å². The van der Waals surface area contributed by atoms with Gasteiger partial charge < -0.3 is 0 Å². The summed E-state index contributed by atoms with van der Waals surface area (Å²) in [6.07, 6.45) is 11.5. The zero-order valence-electron chi connectivity index (χ0n) is 15.5. The fourth-order valence-electron chi connectivity index (χ4n) is 3.04. The summed E-state index contributed by atoms with van der Waals surface area (Å²) < 4.78 is 0. The monoisotopic (exact) mass is 391 g/mol.